The van der Waals surface area contributed by atoms with Gasteiger partial charge in [0.25, 0.3) is 5.91 Å². The number of nitrogens with zero attached hydrogens (tertiary/aromatic N) is 2. The van der Waals surface area contributed by atoms with Crippen LogP contribution in [0.25, 0.3) is 0 Å². The van der Waals surface area contributed by atoms with E-state index in [1.54, 1.807) is 18.3 Å². The van der Waals surface area contributed by atoms with E-state index >= 15 is 0 Å². The molecule has 110 valence electrons. The molecule has 0 spiro atoms. The molecule has 0 aliphatic heterocycles. The van der Waals surface area contributed by atoms with Crippen molar-refractivity contribution < 1.29 is 4.79 Å². The lowest BCUT2D eigenvalue weighted by Gasteiger charge is -2.21. The SMILES string of the molecule is CCN(CC)c1ccc(NC(=O)c2ccc(Br)cn2)cc1. The molecule has 2 rings (SSSR count). The first kappa shape index (κ1) is 15.5. The fourth-order valence-electron chi connectivity index (χ4n) is 2.05. The molecule has 0 fully saturated rings. The van der Waals surface area contributed by atoms with Crippen LogP contribution in [0.1, 0.15) is 24.3 Å². The third kappa shape index (κ3) is 4.04. The molecule has 1 N–H and O–H groups in total. The number of benzene rings is 1. The van der Waals surface area contributed by atoms with Crippen molar-refractivity contribution in [3.05, 3.63) is 52.8 Å². The van der Waals surface area contributed by atoms with Crippen molar-refractivity contribution in [2.75, 3.05) is 23.3 Å². The molecule has 0 radical (unpaired) electrons. The highest BCUT2D eigenvalue weighted by atomic mass is 79.9. The van der Waals surface area contributed by atoms with Crippen LogP contribution in [0.5, 0.6) is 0 Å². The van der Waals surface area contributed by atoms with Crippen molar-refractivity contribution in [2.24, 2.45) is 0 Å². The summed E-state index contributed by atoms with van der Waals surface area (Å²) in [5.41, 5.74) is 2.31. The number of amides is 1. The lowest BCUT2D eigenvalue weighted by Crippen LogP contribution is -2.21. The maximum Gasteiger partial charge on any atom is 0.274 e. The largest absolute Gasteiger partial charge is 0.372 e. The molecule has 1 amide bonds. The highest BCUT2D eigenvalue weighted by Gasteiger charge is 2.08. The fourth-order valence-corrected chi connectivity index (χ4v) is 2.28. The number of pyridine rings is 1. The molecule has 0 unspecified atom stereocenters. The van der Waals surface area contributed by atoms with E-state index in [4.69, 9.17) is 0 Å². The van der Waals surface area contributed by atoms with Crippen LogP contribution >= 0.6 is 15.9 Å². The number of nitrogens with one attached hydrogen (secondary N) is 1. The standard InChI is InChI=1S/C16H18BrN3O/c1-3-20(4-2)14-8-6-13(7-9-14)19-16(21)15-10-5-12(17)11-18-15/h5-11H,3-4H2,1-2H3,(H,19,21). The lowest BCUT2D eigenvalue weighted by atomic mass is 10.2. The molecular formula is C16H18BrN3O. The van der Waals surface area contributed by atoms with Gasteiger partial charge in [-0.15, -0.1) is 0 Å². The van der Waals surface area contributed by atoms with E-state index in [0.717, 1.165) is 28.9 Å². The summed E-state index contributed by atoms with van der Waals surface area (Å²) in [5, 5.41) is 2.84. The monoisotopic (exact) mass is 347 g/mol. The summed E-state index contributed by atoms with van der Waals surface area (Å²) in [4.78, 5) is 18.4. The topological polar surface area (TPSA) is 45.2 Å². The van der Waals surface area contributed by atoms with Gasteiger partial charge in [-0.25, -0.2) is 4.98 Å². The first-order valence-corrected chi connectivity index (χ1v) is 7.71. The summed E-state index contributed by atoms with van der Waals surface area (Å²) in [6.45, 7) is 6.17. The molecule has 0 saturated carbocycles. The molecule has 0 aliphatic rings. The number of carbonyl (C=O) groups excluding carboxylic acids is 1. The third-order valence-corrected chi connectivity index (χ3v) is 3.68. The van der Waals surface area contributed by atoms with Gasteiger partial charge in [-0.05, 0) is 66.2 Å². The van der Waals surface area contributed by atoms with Gasteiger partial charge >= 0.3 is 0 Å². The fraction of sp³-hybridized carbons (Fsp3) is 0.250. The first-order chi connectivity index (χ1) is 10.1. The van der Waals surface area contributed by atoms with Gasteiger partial charge in [-0.1, -0.05) is 0 Å². The molecule has 0 aliphatic carbocycles. The molecule has 4 nitrogen and oxygen atoms in total. The predicted octanol–water partition coefficient (Wildman–Crippen LogP) is 3.94. The molecule has 0 bridgehead atoms. The van der Waals surface area contributed by atoms with Crippen LogP contribution in [0.4, 0.5) is 11.4 Å². The lowest BCUT2D eigenvalue weighted by molar-refractivity contribution is 0.102. The Morgan fingerprint density at radius 3 is 2.33 bits per heavy atom. The van der Waals surface area contributed by atoms with Gasteiger partial charge in [0.1, 0.15) is 5.69 Å². The Labute approximate surface area is 133 Å². The number of anilines is 2. The summed E-state index contributed by atoms with van der Waals surface area (Å²) < 4.78 is 0.850. The van der Waals surface area contributed by atoms with Crippen LogP contribution in [0.3, 0.4) is 0 Å². The Balaban J connectivity index is 2.06. The Kier molecular flexibility index (Phi) is 5.33. The minimum Gasteiger partial charge on any atom is -0.372 e. The van der Waals surface area contributed by atoms with Crippen molar-refractivity contribution in [3.63, 3.8) is 0 Å². The number of hydrogen-bond donors (Lipinski definition) is 1. The Hall–Kier alpha value is -1.88. The van der Waals surface area contributed by atoms with E-state index < -0.39 is 0 Å². The maximum absolute atomic E-state index is 12.1. The second-order valence-corrected chi connectivity index (χ2v) is 5.45. The smallest absolute Gasteiger partial charge is 0.274 e. The van der Waals surface area contributed by atoms with Gasteiger partial charge in [-0.3, -0.25) is 4.79 Å². The zero-order valence-electron chi connectivity index (χ0n) is 12.1. The van der Waals surface area contributed by atoms with Crippen molar-refractivity contribution in [1.29, 1.82) is 0 Å². The van der Waals surface area contributed by atoms with Crippen LogP contribution < -0.4 is 10.2 Å². The highest BCUT2D eigenvalue weighted by Crippen LogP contribution is 2.18. The van der Waals surface area contributed by atoms with Crippen LogP contribution in [0, 0.1) is 0 Å². The summed E-state index contributed by atoms with van der Waals surface area (Å²) in [6.07, 6.45) is 1.61. The average Bonchev–Trinajstić information content (AvgIpc) is 2.51. The molecule has 0 saturated heterocycles. The summed E-state index contributed by atoms with van der Waals surface area (Å²) >= 11 is 3.30. The van der Waals surface area contributed by atoms with Crippen LogP contribution in [0.15, 0.2) is 47.1 Å². The summed E-state index contributed by atoms with van der Waals surface area (Å²) in [5.74, 6) is -0.210. The number of aromatic nitrogens is 1. The number of rotatable bonds is 5. The second kappa shape index (κ2) is 7.22. The Morgan fingerprint density at radius 1 is 1.14 bits per heavy atom. The zero-order chi connectivity index (χ0) is 15.2. The average molecular weight is 348 g/mol. The van der Waals surface area contributed by atoms with Crippen molar-refractivity contribution in [1.82, 2.24) is 4.98 Å². The van der Waals surface area contributed by atoms with Gasteiger partial charge in [0.2, 0.25) is 0 Å². The zero-order valence-corrected chi connectivity index (χ0v) is 13.7. The van der Waals surface area contributed by atoms with Crippen LogP contribution in [0.2, 0.25) is 0 Å². The molecule has 2 aromatic rings. The summed E-state index contributed by atoms with van der Waals surface area (Å²) in [6, 6.07) is 11.3. The van der Waals surface area contributed by atoms with E-state index in [0.29, 0.717) is 5.69 Å². The van der Waals surface area contributed by atoms with Gasteiger partial charge < -0.3 is 10.2 Å². The minimum absolute atomic E-state index is 0.210. The quantitative estimate of drug-likeness (QED) is 0.890. The predicted molar refractivity (Wildman–Crippen MR) is 89.9 cm³/mol. The van der Waals surface area contributed by atoms with E-state index in [-0.39, 0.29) is 5.91 Å². The molecular weight excluding hydrogens is 330 g/mol. The van der Waals surface area contributed by atoms with E-state index in [2.05, 4.69) is 45.0 Å². The van der Waals surface area contributed by atoms with Crippen molar-refractivity contribution >= 4 is 33.2 Å². The van der Waals surface area contributed by atoms with Crippen LogP contribution in [-0.4, -0.2) is 24.0 Å². The van der Waals surface area contributed by atoms with E-state index in [9.17, 15) is 4.79 Å². The van der Waals surface area contributed by atoms with Crippen molar-refractivity contribution in [2.45, 2.75) is 13.8 Å². The molecule has 0 atom stereocenters. The Bertz CT molecular complexity index is 592. The van der Waals surface area contributed by atoms with Gasteiger partial charge in [0.15, 0.2) is 0 Å². The van der Waals surface area contributed by atoms with Crippen molar-refractivity contribution in [3.8, 4) is 0 Å². The number of halogens is 1. The normalized spacial score (nSPS) is 10.2. The molecule has 21 heavy (non-hydrogen) atoms. The van der Waals surface area contributed by atoms with Gasteiger partial charge in [0.05, 0.1) is 0 Å². The first-order valence-electron chi connectivity index (χ1n) is 6.92. The number of hydrogen-bond acceptors (Lipinski definition) is 3. The summed E-state index contributed by atoms with van der Waals surface area (Å²) in [7, 11) is 0. The molecule has 1 aromatic carbocycles. The van der Waals surface area contributed by atoms with Gasteiger partial charge in [-0.2, -0.15) is 0 Å². The highest BCUT2D eigenvalue weighted by molar-refractivity contribution is 9.10. The molecule has 5 heteroatoms. The minimum atomic E-state index is -0.210. The maximum atomic E-state index is 12.1. The van der Waals surface area contributed by atoms with Crippen LogP contribution in [-0.2, 0) is 0 Å². The number of carbonyl (C=O) groups is 1. The second-order valence-electron chi connectivity index (χ2n) is 4.53. The third-order valence-electron chi connectivity index (χ3n) is 3.21. The molecule has 1 heterocycles. The van der Waals surface area contributed by atoms with Gasteiger partial charge in [0, 0.05) is 35.1 Å². The van der Waals surface area contributed by atoms with E-state index in [1.807, 2.05) is 24.3 Å². The molecule has 1 aromatic heterocycles. The Morgan fingerprint density at radius 2 is 1.81 bits per heavy atom. The van der Waals surface area contributed by atoms with E-state index in [1.165, 1.54) is 0 Å².